The van der Waals surface area contributed by atoms with Crippen LogP contribution in [-0.4, -0.2) is 42.2 Å². The summed E-state index contributed by atoms with van der Waals surface area (Å²) in [4.78, 5) is 11.0. The maximum atomic E-state index is 11.7. The van der Waals surface area contributed by atoms with Gasteiger partial charge in [-0.05, 0) is 80.3 Å². The number of hydrogen-bond acceptors (Lipinski definition) is 6. The first-order chi connectivity index (χ1) is 19.1. The lowest BCUT2D eigenvalue weighted by atomic mass is 9.65. The topological polar surface area (TPSA) is 130 Å². The lowest BCUT2D eigenvalue weighted by molar-refractivity contribution is -0.420. The highest BCUT2D eigenvalue weighted by molar-refractivity contribution is 7.85. The zero-order valence-corrected chi connectivity index (χ0v) is 26.4. The minimum Gasteiger partial charge on any atom is -0.396 e. The van der Waals surface area contributed by atoms with E-state index in [2.05, 4.69) is 32.2 Å². The third-order valence-corrected chi connectivity index (χ3v) is 9.55. The average Bonchev–Trinajstić information content (AvgIpc) is 2.90. The highest BCUT2D eigenvalue weighted by Gasteiger charge is 2.41. The molecule has 9 heteroatoms. The number of allylic oxidation sites excluding steroid dienone is 6. The Kier molecular flexibility index (Phi) is 12.3. The average molecular weight is 589 g/mol. The standard InChI is InChI=1S/C32H48N2O6S/c1-8-9-19-33-30(32(6,7)29-20-26(34(36)37)17-16-25(29)22-35)14-12-10-11-13-24(3)31(4,5)28-21-27(41(38,39)40)18-15-23(28)2/h10-11,13,15-18,20-21,25,29-30,33,35H,8-9,12,14,19,22H2,1-7H3,(H,38,39,40)/b11-10+,24-13-. The van der Waals surface area contributed by atoms with Crippen molar-refractivity contribution in [1.29, 1.82) is 0 Å². The summed E-state index contributed by atoms with van der Waals surface area (Å²) in [5.41, 5.74) is 2.06. The van der Waals surface area contributed by atoms with Crippen molar-refractivity contribution < 1.29 is 23.0 Å². The molecule has 1 aliphatic rings. The maximum Gasteiger partial charge on any atom is 0.294 e. The first-order valence-electron chi connectivity index (χ1n) is 14.4. The summed E-state index contributed by atoms with van der Waals surface area (Å²) in [6.45, 7) is 15.2. The summed E-state index contributed by atoms with van der Waals surface area (Å²) >= 11 is 0. The van der Waals surface area contributed by atoms with Crippen LogP contribution in [-0.2, 0) is 15.5 Å². The summed E-state index contributed by atoms with van der Waals surface area (Å²) in [6, 6.07) is 4.74. The van der Waals surface area contributed by atoms with E-state index in [9.17, 15) is 28.2 Å². The smallest absolute Gasteiger partial charge is 0.294 e. The molecule has 0 heterocycles. The lowest BCUT2D eigenvalue weighted by Gasteiger charge is -2.43. The van der Waals surface area contributed by atoms with Gasteiger partial charge in [0, 0.05) is 30.1 Å². The Balaban J connectivity index is 2.23. The normalized spacial score (nSPS) is 19.4. The van der Waals surface area contributed by atoms with Gasteiger partial charge in [-0.15, -0.1) is 0 Å². The van der Waals surface area contributed by atoms with Crippen molar-refractivity contribution in [2.24, 2.45) is 17.3 Å². The van der Waals surface area contributed by atoms with Gasteiger partial charge in [0.05, 0.1) is 9.82 Å². The molecule has 0 aliphatic heterocycles. The van der Waals surface area contributed by atoms with Gasteiger partial charge in [0.2, 0.25) is 0 Å². The molecule has 0 spiro atoms. The van der Waals surface area contributed by atoms with E-state index in [0.717, 1.165) is 48.9 Å². The van der Waals surface area contributed by atoms with Crippen molar-refractivity contribution in [3.8, 4) is 0 Å². The van der Waals surface area contributed by atoms with Crippen molar-refractivity contribution in [2.75, 3.05) is 13.2 Å². The molecule has 2 rings (SSSR count). The molecule has 0 saturated heterocycles. The van der Waals surface area contributed by atoms with Crippen LogP contribution in [0.2, 0.25) is 0 Å². The Morgan fingerprint density at radius 1 is 1.24 bits per heavy atom. The molecule has 0 fully saturated rings. The van der Waals surface area contributed by atoms with Crippen molar-refractivity contribution >= 4 is 10.1 Å². The number of aliphatic hydroxyl groups is 1. The summed E-state index contributed by atoms with van der Waals surface area (Å²) in [7, 11) is -4.30. The first kappa shape index (κ1) is 34.6. The van der Waals surface area contributed by atoms with Gasteiger partial charge in [0.15, 0.2) is 0 Å². The Labute approximate surface area is 246 Å². The number of nitrogens with one attached hydrogen (secondary N) is 1. The highest BCUT2D eigenvalue weighted by Crippen LogP contribution is 2.42. The number of aryl methyl sites for hydroxylation is 1. The second-order valence-corrected chi connectivity index (χ2v) is 13.6. The maximum absolute atomic E-state index is 11.7. The van der Waals surface area contributed by atoms with Gasteiger partial charge >= 0.3 is 0 Å². The van der Waals surface area contributed by atoms with Crippen molar-refractivity contribution in [3.63, 3.8) is 0 Å². The Morgan fingerprint density at radius 3 is 2.51 bits per heavy atom. The van der Waals surface area contributed by atoms with Crippen LogP contribution < -0.4 is 5.32 Å². The Bertz CT molecular complexity index is 1290. The minimum absolute atomic E-state index is 0.0693. The molecule has 8 nitrogen and oxygen atoms in total. The summed E-state index contributed by atoms with van der Waals surface area (Å²) in [5, 5.41) is 25.2. The molecular formula is C32H48N2O6S. The number of aliphatic hydroxyl groups excluding tert-OH is 1. The van der Waals surface area contributed by atoms with Gasteiger partial charge in [0.1, 0.15) is 0 Å². The van der Waals surface area contributed by atoms with E-state index in [1.165, 1.54) is 12.1 Å². The lowest BCUT2D eigenvalue weighted by Crippen LogP contribution is -2.48. The van der Waals surface area contributed by atoms with E-state index in [-0.39, 0.29) is 45.4 Å². The van der Waals surface area contributed by atoms with Crippen molar-refractivity contribution in [2.45, 2.75) is 90.5 Å². The second-order valence-electron chi connectivity index (χ2n) is 12.2. The molecule has 41 heavy (non-hydrogen) atoms. The van der Waals surface area contributed by atoms with Crippen LogP contribution in [0.3, 0.4) is 0 Å². The molecule has 3 N–H and O–H groups in total. The Morgan fingerprint density at radius 2 is 1.93 bits per heavy atom. The molecule has 1 aromatic rings. The SMILES string of the molecule is CCCCNC(CC/C=C/C=C(/C)C(C)(C)c1cc(S(=O)(=O)O)ccc1C)C(C)(C)C1C=C([N+](=O)[O-])C=CC1CO. The number of unbranched alkanes of at least 4 members (excludes halogenated alkanes) is 1. The van der Waals surface area contributed by atoms with E-state index in [1.807, 2.05) is 39.8 Å². The van der Waals surface area contributed by atoms with Gasteiger partial charge < -0.3 is 10.4 Å². The Hall–Kier alpha value is -2.59. The van der Waals surface area contributed by atoms with Gasteiger partial charge in [-0.25, -0.2) is 0 Å². The van der Waals surface area contributed by atoms with Gasteiger partial charge in [-0.1, -0.05) is 77.0 Å². The van der Waals surface area contributed by atoms with Gasteiger partial charge in [0.25, 0.3) is 15.8 Å². The molecule has 0 saturated carbocycles. The zero-order chi connectivity index (χ0) is 31.0. The highest BCUT2D eigenvalue weighted by atomic mass is 32.2. The minimum atomic E-state index is -4.30. The number of hydrogen-bond donors (Lipinski definition) is 3. The molecule has 0 bridgehead atoms. The predicted molar refractivity (Wildman–Crippen MR) is 165 cm³/mol. The van der Waals surface area contributed by atoms with Crippen LogP contribution in [0, 0.1) is 34.3 Å². The molecule has 0 radical (unpaired) electrons. The first-order valence-corrected chi connectivity index (χ1v) is 15.8. The summed E-state index contributed by atoms with van der Waals surface area (Å²) in [5.74, 6) is -0.374. The predicted octanol–water partition coefficient (Wildman–Crippen LogP) is 6.54. The van der Waals surface area contributed by atoms with E-state index >= 15 is 0 Å². The number of benzene rings is 1. The van der Waals surface area contributed by atoms with Gasteiger partial charge in [-0.2, -0.15) is 8.42 Å². The van der Waals surface area contributed by atoms with Crippen LogP contribution in [0.25, 0.3) is 0 Å². The monoisotopic (exact) mass is 588 g/mol. The number of rotatable bonds is 15. The van der Waals surface area contributed by atoms with E-state index < -0.39 is 15.5 Å². The molecule has 3 atom stereocenters. The third kappa shape index (κ3) is 8.95. The third-order valence-electron chi connectivity index (χ3n) is 8.70. The van der Waals surface area contributed by atoms with E-state index in [0.29, 0.717) is 0 Å². The molecular weight excluding hydrogens is 540 g/mol. The molecule has 0 aromatic heterocycles. The fourth-order valence-electron chi connectivity index (χ4n) is 5.62. The molecule has 1 aromatic carbocycles. The molecule has 1 aliphatic carbocycles. The van der Waals surface area contributed by atoms with E-state index in [1.54, 1.807) is 24.3 Å². The fraction of sp³-hybridized carbons (Fsp3) is 0.562. The summed E-state index contributed by atoms with van der Waals surface area (Å²) in [6.07, 6.45) is 14.8. The van der Waals surface area contributed by atoms with Crippen LogP contribution in [0.15, 0.2) is 70.8 Å². The molecule has 228 valence electrons. The number of nitrogens with zero attached hydrogens (tertiary/aromatic N) is 1. The zero-order valence-electron chi connectivity index (χ0n) is 25.6. The molecule has 0 amide bonds. The van der Waals surface area contributed by atoms with Crippen molar-refractivity contribution in [1.82, 2.24) is 5.32 Å². The quantitative estimate of drug-likeness (QED) is 0.0697. The van der Waals surface area contributed by atoms with E-state index in [4.69, 9.17) is 0 Å². The largest absolute Gasteiger partial charge is 0.396 e. The number of nitro groups is 1. The van der Waals surface area contributed by atoms with Crippen LogP contribution in [0.4, 0.5) is 0 Å². The van der Waals surface area contributed by atoms with Crippen LogP contribution in [0.1, 0.15) is 78.4 Å². The van der Waals surface area contributed by atoms with Crippen LogP contribution in [0.5, 0.6) is 0 Å². The fourth-order valence-corrected chi connectivity index (χ4v) is 6.12. The molecule has 3 unspecified atom stereocenters. The second kappa shape index (κ2) is 14.5. The van der Waals surface area contributed by atoms with Gasteiger partial charge in [-0.3, -0.25) is 14.7 Å². The van der Waals surface area contributed by atoms with Crippen LogP contribution >= 0.6 is 0 Å². The van der Waals surface area contributed by atoms with Crippen molar-refractivity contribution in [3.05, 3.63) is 87.2 Å². The summed E-state index contributed by atoms with van der Waals surface area (Å²) < 4.78 is 32.9.